The molecule has 0 aliphatic carbocycles. The molecule has 2 aromatic rings. The molecule has 2 rings (SSSR count). The molecule has 0 N–H and O–H groups in total. The minimum absolute atomic E-state index is 0. The zero-order valence-corrected chi connectivity index (χ0v) is 23.6. The Morgan fingerprint density at radius 3 is 0.951 bits per heavy atom. The lowest BCUT2D eigenvalue weighted by atomic mass is 10.3. The molecule has 0 aromatic carbocycles. The van der Waals surface area contributed by atoms with Gasteiger partial charge in [-0.1, -0.05) is 90.8 Å². The lowest BCUT2D eigenvalue weighted by molar-refractivity contribution is -0.697. The molecule has 0 unspecified atom stereocenters. The Morgan fingerprint density at radius 1 is 0.561 bits per heavy atom. The van der Waals surface area contributed by atoms with Gasteiger partial charge in [-0.25, -0.2) is 17.6 Å². The van der Waals surface area contributed by atoms with Crippen LogP contribution in [0.25, 0.3) is 0 Å². The molecule has 2 aromatic heterocycles. The first-order valence-corrected chi connectivity index (χ1v) is 13.0. The van der Waals surface area contributed by atoms with Crippen LogP contribution in [0.4, 0.5) is 0 Å². The standard InChI is InChI=1S/2C9H14N.C2H6O4S.CH4O4S.7CH4.BrH/c2*1-2-3-7-10-8-5-4-6-9-10;1-5-7(3,4)6-2;1-5-6(2,3)4;;;;;;;;/h2*4-6,8-9H,2-3,7H2,1H3;1-2H3;1H3,(H,2,3,4);7*1H4;1H/q2*+1;;;;;;;;;;/p-2. The quantitative estimate of drug-likeness (QED) is 0.221. The molecule has 0 aliphatic rings. The molecule has 0 bridgehead atoms. The second-order valence-corrected chi connectivity index (χ2v) is 8.88. The summed E-state index contributed by atoms with van der Waals surface area (Å²) in [6, 6.07) is 12.3. The van der Waals surface area contributed by atoms with Gasteiger partial charge in [0.2, 0.25) is 10.4 Å². The lowest BCUT2D eigenvalue weighted by Crippen LogP contribution is -3.00. The van der Waals surface area contributed by atoms with E-state index in [9.17, 15) is 21.4 Å². The van der Waals surface area contributed by atoms with Crippen molar-refractivity contribution in [2.75, 3.05) is 21.3 Å². The Morgan fingerprint density at radius 2 is 0.805 bits per heavy atom. The van der Waals surface area contributed by atoms with Crippen molar-refractivity contribution in [3.05, 3.63) is 61.2 Å². The lowest BCUT2D eigenvalue weighted by Gasteiger charge is -1.98. The summed E-state index contributed by atoms with van der Waals surface area (Å²) in [5, 5.41) is 0. The van der Waals surface area contributed by atoms with E-state index < -0.39 is 20.8 Å². The van der Waals surface area contributed by atoms with Gasteiger partial charge in [0.1, 0.15) is 13.1 Å². The average molecular weight is 702 g/mol. The smallest absolute Gasteiger partial charge is 0.399 e. The van der Waals surface area contributed by atoms with Gasteiger partial charge in [-0.2, -0.15) is 8.42 Å². The summed E-state index contributed by atoms with van der Waals surface area (Å²) in [7, 11) is -5.21. The summed E-state index contributed by atoms with van der Waals surface area (Å²) >= 11 is 0. The van der Waals surface area contributed by atoms with Gasteiger partial charge in [-0.15, -0.1) is 0 Å². The largest absolute Gasteiger partial charge is 1.00 e. The summed E-state index contributed by atoms with van der Waals surface area (Å²) in [6.07, 6.45) is 13.5. The average Bonchev–Trinajstić information content (AvgIpc) is 2.83. The number of aryl methyl sites for hydroxylation is 2. The van der Waals surface area contributed by atoms with Gasteiger partial charge in [0.15, 0.2) is 24.8 Å². The van der Waals surface area contributed by atoms with Crippen LogP contribution < -0.4 is 26.1 Å². The van der Waals surface area contributed by atoms with Crippen LogP contribution in [0.5, 0.6) is 0 Å². The molecule has 13 heteroatoms. The predicted octanol–water partition coefficient (Wildman–Crippen LogP) is 3.62. The van der Waals surface area contributed by atoms with Gasteiger partial charge in [0.25, 0.3) is 0 Å². The number of unbranched alkanes of at least 4 members (excludes halogenated alkanes) is 2. The van der Waals surface area contributed by atoms with E-state index in [0.717, 1.165) is 34.4 Å². The van der Waals surface area contributed by atoms with Crippen molar-refractivity contribution in [1.29, 1.82) is 0 Å². The number of nitrogens with zero attached hydrogens (tertiary/aromatic N) is 2. The summed E-state index contributed by atoms with van der Waals surface area (Å²) in [5.74, 6) is 0. The first-order valence-electron chi connectivity index (χ1n) is 10.3. The van der Waals surface area contributed by atoms with Crippen molar-refractivity contribution in [2.24, 2.45) is 0 Å². The molecule has 0 fully saturated rings. The fraction of sp³-hybridized carbons (Fsp3) is 0.643. The Hall–Kier alpha value is -1.48. The van der Waals surface area contributed by atoms with E-state index in [-0.39, 0.29) is 69.0 Å². The van der Waals surface area contributed by atoms with E-state index in [1.54, 1.807) is 0 Å². The first-order chi connectivity index (χ1) is 15.5. The molecule has 0 radical (unpaired) electrons. The predicted molar refractivity (Wildman–Crippen MR) is 170 cm³/mol. The molecule has 2 heterocycles. The summed E-state index contributed by atoms with van der Waals surface area (Å²) in [6.45, 7) is 6.72. The van der Waals surface area contributed by atoms with Crippen LogP contribution in [0.2, 0.25) is 0 Å². The van der Waals surface area contributed by atoms with E-state index in [0.29, 0.717) is 0 Å². The van der Waals surface area contributed by atoms with Crippen LogP contribution >= 0.6 is 0 Å². The Bertz CT molecular complexity index is 852. The van der Waals surface area contributed by atoms with Crippen LogP contribution in [-0.4, -0.2) is 42.7 Å². The fourth-order valence-corrected chi connectivity index (χ4v) is 2.05. The number of hydrogen-bond acceptors (Lipinski definition) is 8. The van der Waals surface area contributed by atoms with Crippen molar-refractivity contribution in [3.63, 3.8) is 0 Å². The van der Waals surface area contributed by atoms with Gasteiger partial charge >= 0.3 is 10.4 Å². The van der Waals surface area contributed by atoms with Crippen LogP contribution in [0.15, 0.2) is 61.2 Å². The second kappa shape index (κ2) is 43.0. The zero-order valence-electron chi connectivity index (χ0n) is 20.4. The molecule has 10 nitrogen and oxygen atoms in total. The van der Waals surface area contributed by atoms with Crippen LogP contribution in [0.3, 0.4) is 0 Å². The van der Waals surface area contributed by atoms with Crippen molar-refractivity contribution in [2.45, 2.75) is 105 Å². The van der Waals surface area contributed by atoms with Gasteiger partial charge in [0.05, 0.1) is 21.3 Å². The number of hydrogen-bond donors (Lipinski definition) is 0. The molecule has 0 atom stereocenters. The first kappa shape index (κ1) is 67.3. The topological polar surface area (TPSA) is 127 Å². The van der Waals surface area contributed by atoms with Crippen molar-refractivity contribution >= 4 is 20.8 Å². The van der Waals surface area contributed by atoms with Crippen LogP contribution in [-0.2, 0) is 46.4 Å². The molecule has 0 amide bonds. The molecule has 41 heavy (non-hydrogen) atoms. The zero-order chi connectivity index (χ0) is 25.6. The highest BCUT2D eigenvalue weighted by Gasteiger charge is 2.01. The SMILES string of the molecule is C.C.C.C.C.C.C.CCCC[n+]1ccccc1.CCCC[n+]1ccccc1.COS(=O)(=O)OC.COS(=O)(=O)[O-].[Br-]. The van der Waals surface area contributed by atoms with Gasteiger partial charge in [-0.3, -0.25) is 12.5 Å². The van der Waals surface area contributed by atoms with Gasteiger partial charge in [-0.05, 0) is 0 Å². The van der Waals surface area contributed by atoms with E-state index >= 15 is 0 Å². The van der Waals surface area contributed by atoms with E-state index in [1.165, 1.54) is 25.7 Å². The maximum Gasteiger partial charge on any atom is 0.399 e. The minimum atomic E-state index is -4.41. The van der Waals surface area contributed by atoms with Crippen LogP contribution in [0.1, 0.15) is 91.5 Å². The molecular formula is C28H65BrN2O8S2. The fourth-order valence-electron chi connectivity index (χ4n) is 1.92. The highest BCUT2D eigenvalue weighted by Crippen LogP contribution is 1.87. The van der Waals surface area contributed by atoms with E-state index in [2.05, 4.69) is 84.6 Å². The summed E-state index contributed by atoms with van der Waals surface area (Å²) < 4.78 is 63.0. The molecule has 0 saturated carbocycles. The van der Waals surface area contributed by atoms with Crippen molar-refractivity contribution < 1.29 is 60.1 Å². The highest BCUT2D eigenvalue weighted by molar-refractivity contribution is 7.81. The molecular weight excluding hydrogens is 636 g/mol. The molecule has 0 saturated heterocycles. The Kier molecular flexibility index (Phi) is 70.5. The second-order valence-electron chi connectivity index (χ2n) is 6.25. The normalized spacial score (nSPS) is 8.44. The van der Waals surface area contributed by atoms with Crippen LogP contribution in [0, 0.1) is 0 Å². The number of halogens is 1. The van der Waals surface area contributed by atoms with Crippen molar-refractivity contribution in [3.8, 4) is 0 Å². The van der Waals surface area contributed by atoms with Crippen molar-refractivity contribution in [1.82, 2.24) is 0 Å². The van der Waals surface area contributed by atoms with Gasteiger partial charge < -0.3 is 21.5 Å². The molecule has 0 aliphatic heterocycles. The third kappa shape index (κ3) is 51.7. The third-order valence-electron chi connectivity index (χ3n) is 3.71. The highest BCUT2D eigenvalue weighted by atomic mass is 79.9. The van der Waals surface area contributed by atoms with Gasteiger partial charge in [0, 0.05) is 37.1 Å². The Balaban J connectivity index is -0.0000000374. The monoisotopic (exact) mass is 700 g/mol. The number of aromatic nitrogens is 2. The maximum absolute atomic E-state index is 9.92. The Labute approximate surface area is 267 Å². The minimum Gasteiger partial charge on any atom is -1.00 e. The number of pyridine rings is 2. The van der Waals surface area contributed by atoms with E-state index in [4.69, 9.17) is 0 Å². The van der Waals surface area contributed by atoms with E-state index in [1.807, 2.05) is 12.1 Å². The number of rotatable bonds is 9. The maximum atomic E-state index is 9.92. The molecule has 254 valence electrons. The molecule has 0 spiro atoms. The third-order valence-corrected chi connectivity index (χ3v) is 4.93. The summed E-state index contributed by atoms with van der Waals surface area (Å²) in [5.41, 5.74) is 0. The summed E-state index contributed by atoms with van der Waals surface area (Å²) in [4.78, 5) is 0.